The van der Waals surface area contributed by atoms with Crippen LogP contribution in [0.4, 0.5) is 0 Å². The second-order valence-electron chi connectivity index (χ2n) is 6.40. The number of carbonyl (C=O) groups is 1. The van der Waals surface area contributed by atoms with E-state index in [2.05, 4.69) is 11.0 Å². The highest BCUT2D eigenvalue weighted by Gasteiger charge is 2.19. The molecule has 1 amide bonds. The molecular formula is C19H25N3O. The summed E-state index contributed by atoms with van der Waals surface area (Å²) in [4.78, 5) is 16.9. The van der Waals surface area contributed by atoms with Gasteiger partial charge in [0, 0.05) is 32.9 Å². The van der Waals surface area contributed by atoms with Crippen LogP contribution >= 0.6 is 0 Å². The Morgan fingerprint density at radius 3 is 2.48 bits per heavy atom. The van der Waals surface area contributed by atoms with Gasteiger partial charge in [0.2, 0.25) is 0 Å². The lowest BCUT2D eigenvalue weighted by molar-refractivity contribution is 0.0775. The normalized spacial score (nSPS) is 15.0. The van der Waals surface area contributed by atoms with E-state index in [1.165, 1.54) is 31.6 Å². The van der Waals surface area contributed by atoms with E-state index in [1.54, 1.807) is 4.90 Å². The van der Waals surface area contributed by atoms with Crippen molar-refractivity contribution in [1.82, 2.24) is 14.4 Å². The van der Waals surface area contributed by atoms with E-state index >= 15 is 0 Å². The van der Waals surface area contributed by atoms with Crippen molar-refractivity contribution >= 4 is 5.91 Å². The Morgan fingerprint density at radius 2 is 1.78 bits per heavy atom. The summed E-state index contributed by atoms with van der Waals surface area (Å²) in [7, 11) is 3.86. The molecule has 23 heavy (non-hydrogen) atoms. The van der Waals surface area contributed by atoms with Gasteiger partial charge >= 0.3 is 0 Å². The van der Waals surface area contributed by atoms with Crippen LogP contribution in [0.3, 0.4) is 0 Å². The molecule has 0 spiro atoms. The van der Waals surface area contributed by atoms with E-state index in [-0.39, 0.29) is 5.91 Å². The minimum atomic E-state index is 0.0732. The molecule has 0 radical (unpaired) electrons. The van der Waals surface area contributed by atoms with Gasteiger partial charge in [-0.05, 0) is 43.6 Å². The van der Waals surface area contributed by atoms with Crippen LogP contribution in [0.25, 0.3) is 0 Å². The quantitative estimate of drug-likeness (QED) is 0.849. The fourth-order valence-electron chi connectivity index (χ4n) is 3.22. The monoisotopic (exact) mass is 311 g/mol. The highest BCUT2D eigenvalue weighted by molar-refractivity contribution is 5.92. The third kappa shape index (κ3) is 3.64. The number of hydrogen-bond acceptors (Lipinski definition) is 2. The Labute approximate surface area is 138 Å². The highest BCUT2D eigenvalue weighted by Crippen LogP contribution is 2.16. The summed E-state index contributed by atoms with van der Waals surface area (Å²) in [5, 5.41) is 0. The summed E-state index contributed by atoms with van der Waals surface area (Å²) in [6.45, 7) is 3.91. The van der Waals surface area contributed by atoms with E-state index in [4.69, 9.17) is 0 Å². The molecule has 1 aliphatic rings. The first-order valence-corrected chi connectivity index (χ1v) is 8.31. The van der Waals surface area contributed by atoms with Crippen molar-refractivity contribution in [3.05, 3.63) is 59.4 Å². The van der Waals surface area contributed by atoms with Crippen molar-refractivity contribution in [2.45, 2.75) is 25.9 Å². The molecule has 1 aromatic heterocycles. The SMILES string of the molecule is CN(Cc1ccccc1)C(=O)c1ccc(CN2CCCC2)n1C. The van der Waals surface area contributed by atoms with Crippen LogP contribution in [0.2, 0.25) is 0 Å². The molecule has 3 rings (SSSR count). The molecule has 0 bridgehead atoms. The number of nitrogens with zero attached hydrogens (tertiary/aromatic N) is 3. The molecule has 4 nitrogen and oxygen atoms in total. The van der Waals surface area contributed by atoms with Crippen molar-refractivity contribution in [3.8, 4) is 0 Å². The highest BCUT2D eigenvalue weighted by atomic mass is 16.2. The average Bonchev–Trinajstić information content (AvgIpc) is 3.19. The summed E-state index contributed by atoms with van der Waals surface area (Å²) in [5.41, 5.74) is 3.12. The van der Waals surface area contributed by atoms with Gasteiger partial charge in [-0.3, -0.25) is 9.69 Å². The number of amides is 1. The van der Waals surface area contributed by atoms with E-state index in [1.807, 2.05) is 55.1 Å². The number of aromatic nitrogens is 1. The fraction of sp³-hybridized carbons (Fsp3) is 0.421. The van der Waals surface area contributed by atoms with E-state index < -0.39 is 0 Å². The maximum Gasteiger partial charge on any atom is 0.270 e. The van der Waals surface area contributed by atoms with Crippen LogP contribution in [0.15, 0.2) is 42.5 Å². The van der Waals surface area contributed by atoms with Gasteiger partial charge in [-0.1, -0.05) is 30.3 Å². The number of likely N-dealkylation sites (tertiary alicyclic amines) is 1. The first kappa shape index (κ1) is 15.8. The summed E-state index contributed by atoms with van der Waals surface area (Å²) in [5.74, 6) is 0.0732. The largest absolute Gasteiger partial charge is 0.342 e. The molecule has 0 unspecified atom stereocenters. The molecule has 1 saturated heterocycles. The maximum absolute atomic E-state index is 12.7. The van der Waals surface area contributed by atoms with Gasteiger partial charge < -0.3 is 9.47 Å². The first-order chi connectivity index (χ1) is 11.1. The Morgan fingerprint density at radius 1 is 1.09 bits per heavy atom. The molecule has 1 fully saturated rings. The number of carbonyl (C=O) groups excluding carboxylic acids is 1. The Balaban J connectivity index is 1.68. The molecule has 2 aromatic rings. The van der Waals surface area contributed by atoms with E-state index in [0.717, 1.165) is 17.8 Å². The van der Waals surface area contributed by atoms with Crippen molar-refractivity contribution < 1.29 is 4.79 Å². The van der Waals surface area contributed by atoms with Crippen LogP contribution in [0.1, 0.15) is 34.6 Å². The van der Waals surface area contributed by atoms with Gasteiger partial charge in [0.25, 0.3) is 5.91 Å². The van der Waals surface area contributed by atoms with Crippen LogP contribution < -0.4 is 0 Å². The first-order valence-electron chi connectivity index (χ1n) is 8.31. The lowest BCUT2D eigenvalue weighted by Crippen LogP contribution is -2.28. The minimum Gasteiger partial charge on any atom is -0.342 e. The second-order valence-corrected chi connectivity index (χ2v) is 6.40. The molecule has 0 N–H and O–H groups in total. The van der Waals surface area contributed by atoms with Crippen LogP contribution in [-0.4, -0.2) is 40.4 Å². The predicted molar refractivity (Wildman–Crippen MR) is 92.2 cm³/mol. The van der Waals surface area contributed by atoms with Crippen LogP contribution in [-0.2, 0) is 20.1 Å². The molecule has 4 heteroatoms. The topological polar surface area (TPSA) is 28.5 Å². The Hall–Kier alpha value is -2.07. The predicted octanol–water partition coefficient (Wildman–Crippen LogP) is 2.89. The van der Waals surface area contributed by atoms with Crippen LogP contribution in [0, 0.1) is 0 Å². The molecule has 122 valence electrons. The number of rotatable bonds is 5. The van der Waals surface area contributed by atoms with Gasteiger partial charge in [-0.2, -0.15) is 0 Å². The molecule has 0 aliphatic carbocycles. The standard InChI is InChI=1S/C19H25N3O/c1-20(14-16-8-4-3-5-9-16)19(23)18-11-10-17(21(18)2)15-22-12-6-7-13-22/h3-5,8-11H,6-7,12-15H2,1-2H3. The summed E-state index contributed by atoms with van der Waals surface area (Å²) in [6.07, 6.45) is 2.58. The third-order valence-corrected chi connectivity index (χ3v) is 4.64. The zero-order valence-electron chi connectivity index (χ0n) is 14.0. The second kappa shape index (κ2) is 7.01. The lowest BCUT2D eigenvalue weighted by atomic mass is 10.2. The van der Waals surface area contributed by atoms with Crippen molar-refractivity contribution in [3.63, 3.8) is 0 Å². The number of hydrogen-bond donors (Lipinski definition) is 0. The lowest BCUT2D eigenvalue weighted by Gasteiger charge is -2.19. The van der Waals surface area contributed by atoms with Gasteiger partial charge in [0.15, 0.2) is 0 Å². The van der Waals surface area contributed by atoms with Gasteiger partial charge in [-0.15, -0.1) is 0 Å². The van der Waals surface area contributed by atoms with Gasteiger partial charge in [0.1, 0.15) is 5.69 Å². The zero-order valence-corrected chi connectivity index (χ0v) is 14.0. The number of benzene rings is 1. The fourth-order valence-corrected chi connectivity index (χ4v) is 3.22. The summed E-state index contributed by atoms with van der Waals surface area (Å²) < 4.78 is 2.04. The third-order valence-electron chi connectivity index (χ3n) is 4.64. The minimum absolute atomic E-state index is 0.0732. The van der Waals surface area contributed by atoms with Gasteiger partial charge in [0.05, 0.1) is 0 Å². The average molecular weight is 311 g/mol. The summed E-state index contributed by atoms with van der Waals surface area (Å²) in [6, 6.07) is 14.1. The van der Waals surface area contributed by atoms with Crippen molar-refractivity contribution in [2.24, 2.45) is 7.05 Å². The molecule has 2 heterocycles. The molecule has 1 aliphatic heterocycles. The maximum atomic E-state index is 12.7. The Bertz CT molecular complexity index is 657. The van der Waals surface area contributed by atoms with Crippen molar-refractivity contribution in [1.29, 1.82) is 0 Å². The molecule has 1 aromatic carbocycles. The van der Waals surface area contributed by atoms with Gasteiger partial charge in [-0.25, -0.2) is 0 Å². The zero-order chi connectivity index (χ0) is 16.2. The smallest absolute Gasteiger partial charge is 0.270 e. The molecule has 0 saturated carbocycles. The molecular weight excluding hydrogens is 286 g/mol. The summed E-state index contributed by atoms with van der Waals surface area (Å²) >= 11 is 0. The van der Waals surface area contributed by atoms with Crippen molar-refractivity contribution in [2.75, 3.05) is 20.1 Å². The Kier molecular flexibility index (Phi) is 4.82. The molecule has 0 atom stereocenters. The van der Waals surface area contributed by atoms with E-state index in [0.29, 0.717) is 6.54 Å². The van der Waals surface area contributed by atoms with Crippen LogP contribution in [0.5, 0.6) is 0 Å². The van der Waals surface area contributed by atoms with E-state index in [9.17, 15) is 4.79 Å².